The molecule has 0 fully saturated rings. The van der Waals surface area contributed by atoms with Gasteiger partial charge in [-0.25, -0.2) is 0 Å². The Kier molecular flexibility index (Phi) is 5.12. The van der Waals surface area contributed by atoms with Crippen molar-refractivity contribution in [2.24, 2.45) is 0 Å². The van der Waals surface area contributed by atoms with Crippen LogP contribution in [-0.2, 0) is 0 Å². The van der Waals surface area contributed by atoms with Gasteiger partial charge in [-0.2, -0.15) is 0 Å². The van der Waals surface area contributed by atoms with Crippen LogP contribution in [0.5, 0.6) is 0 Å². The van der Waals surface area contributed by atoms with E-state index in [1.165, 1.54) is 0 Å². The molecule has 2 nitrogen and oxygen atoms in total. The highest BCUT2D eigenvalue weighted by atomic mass is 79.9. The van der Waals surface area contributed by atoms with Gasteiger partial charge in [0.15, 0.2) is 0 Å². The van der Waals surface area contributed by atoms with Gasteiger partial charge in [0.2, 0.25) is 0 Å². The molecule has 1 unspecified atom stereocenters. The number of aliphatic hydroxyl groups excluding tert-OH is 2. The average molecular weight is 291 g/mol. The molecule has 1 aromatic rings. The first-order valence-electron chi connectivity index (χ1n) is 4.79. The molecule has 15 heavy (non-hydrogen) atoms. The zero-order valence-corrected chi connectivity index (χ0v) is 11.2. The largest absolute Gasteiger partial charge is 0.395 e. The summed E-state index contributed by atoms with van der Waals surface area (Å²) in [6.45, 7) is 3.87. The molecule has 0 aromatic heterocycles. The molecular formula is C11H15BrO2S. The second kappa shape index (κ2) is 5.89. The van der Waals surface area contributed by atoms with Gasteiger partial charge in [-0.1, -0.05) is 13.0 Å². The maximum Gasteiger partial charge on any atom is 0.0762 e. The second-order valence-electron chi connectivity index (χ2n) is 3.48. The number of thioether (sulfide) groups is 1. The SMILES string of the molecule is CC(CO)Sc1ccc([C@@H](C)O)cc1Br. The van der Waals surface area contributed by atoms with Gasteiger partial charge in [0.1, 0.15) is 0 Å². The Bertz CT molecular complexity index is 328. The van der Waals surface area contributed by atoms with Gasteiger partial charge in [-0.3, -0.25) is 0 Å². The van der Waals surface area contributed by atoms with Gasteiger partial charge in [-0.15, -0.1) is 11.8 Å². The predicted octanol–water partition coefficient (Wildman–Crippen LogP) is 2.98. The third-order valence-electron chi connectivity index (χ3n) is 2.02. The summed E-state index contributed by atoms with van der Waals surface area (Å²) >= 11 is 5.07. The quantitative estimate of drug-likeness (QED) is 0.838. The number of hydrogen-bond acceptors (Lipinski definition) is 3. The number of benzene rings is 1. The number of rotatable bonds is 4. The highest BCUT2D eigenvalue weighted by molar-refractivity contribution is 9.10. The minimum Gasteiger partial charge on any atom is -0.395 e. The van der Waals surface area contributed by atoms with Crippen molar-refractivity contribution in [1.29, 1.82) is 0 Å². The summed E-state index contributed by atoms with van der Waals surface area (Å²) in [6.07, 6.45) is -0.449. The van der Waals surface area contributed by atoms with Crippen LogP contribution in [0.4, 0.5) is 0 Å². The maximum atomic E-state index is 9.40. The van der Waals surface area contributed by atoms with Crippen LogP contribution >= 0.6 is 27.7 Å². The Morgan fingerprint density at radius 1 is 1.40 bits per heavy atom. The van der Waals surface area contributed by atoms with Crippen LogP contribution in [0.2, 0.25) is 0 Å². The van der Waals surface area contributed by atoms with E-state index in [2.05, 4.69) is 15.9 Å². The molecule has 1 aromatic carbocycles. The molecule has 0 heterocycles. The first-order valence-corrected chi connectivity index (χ1v) is 6.47. The fourth-order valence-electron chi connectivity index (χ4n) is 1.13. The lowest BCUT2D eigenvalue weighted by Crippen LogP contribution is -2.01. The molecular weight excluding hydrogens is 276 g/mol. The number of hydrogen-bond donors (Lipinski definition) is 2. The van der Waals surface area contributed by atoms with E-state index < -0.39 is 6.10 Å². The van der Waals surface area contributed by atoms with Crippen molar-refractivity contribution in [3.05, 3.63) is 28.2 Å². The minimum absolute atomic E-state index is 0.162. The molecule has 84 valence electrons. The third-order valence-corrected chi connectivity index (χ3v) is 4.10. The molecule has 0 bridgehead atoms. The van der Waals surface area contributed by atoms with Crippen molar-refractivity contribution in [3.63, 3.8) is 0 Å². The summed E-state index contributed by atoms with van der Waals surface area (Å²) in [4.78, 5) is 1.08. The minimum atomic E-state index is -0.449. The third kappa shape index (κ3) is 3.79. The van der Waals surface area contributed by atoms with Gasteiger partial charge >= 0.3 is 0 Å². The fraction of sp³-hybridized carbons (Fsp3) is 0.455. The summed E-state index contributed by atoms with van der Waals surface area (Å²) in [6, 6.07) is 5.78. The lowest BCUT2D eigenvalue weighted by Gasteiger charge is -2.11. The van der Waals surface area contributed by atoms with Crippen LogP contribution in [0.25, 0.3) is 0 Å². The molecule has 0 saturated carbocycles. The molecule has 1 rings (SSSR count). The summed E-state index contributed by atoms with van der Waals surface area (Å²) in [5, 5.41) is 18.5. The van der Waals surface area contributed by atoms with E-state index in [1.807, 2.05) is 25.1 Å². The molecule has 0 aliphatic rings. The zero-order chi connectivity index (χ0) is 11.4. The highest BCUT2D eigenvalue weighted by Gasteiger charge is 2.08. The maximum absolute atomic E-state index is 9.40. The molecule has 0 aliphatic carbocycles. The molecule has 2 atom stereocenters. The summed E-state index contributed by atoms with van der Waals surface area (Å²) in [5.41, 5.74) is 0.892. The Morgan fingerprint density at radius 2 is 2.07 bits per heavy atom. The molecule has 0 radical (unpaired) electrons. The van der Waals surface area contributed by atoms with Crippen molar-refractivity contribution in [3.8, 4) is 0 Å². The Hall–Kier alpha value is -0.0300. The summed E-state index contributed by atoms with van der Waals surface area (Å²) < 4.78 is 0.964. The Morgan fingerprint density at radius 3 is 2.53 bits per heavy atom. The van der Waals surface area contributed by atoms with Crippen molar-refractivity contribution in [2.75, 3.05) is 6.61 Å². The average Bonchev–Trinajstić information content (AvgIpc) is 2.20. The fourth-order valence-corrected chi connectivity index (χ4v) is 2.63. The lowest BCUT2D eigenvalue weighted by atomic mass is 10.1. The van der Waals surface area contributed by atoms with E-state index in [0.717, 1.165) is 14.9 Å². The topological polar surface area (TPSA) is 40.5 Å². The number of halogens is 1. The first kappa shape index (κ1) is 13.0. The smallest absolute Gasteiger partial charge is 0.0762 e. The normalized spacial score (nSPS) is 15.0. The Balaban J connectivity index is 2.83. The van der Waals surface area contributed by atoms with Crippen LogP contribution in [0.1, 0.15) is 25.5 Å². The van der Waals surface area contributed by atoms with E-state index in [-0.39, 0.29) is 11.9 Å². The first-order chi connectivity index (χ1) is 7.04. The standard InChI is InChI=1S/C11H15BrO2S/c1-7(6-13)15-11-4-3-9(8(2)14)5-10(11)12/h3-5,7-8,13-14H,6H2,1-2H3/t7?,8-/m1/s1. The summed E-state index contributed by atoms with van der Waals surface area (Å²) in [7, 11) is 0. The van der Waals surface area contributed by atoms with Crippen molar-refractivity contribution >= 4 is 27.7 Å². The van der Waals surface area contributed by atoms with Crippen molar-refractivity contribution in [2.45, 2.75) is 30.1 Å². The summed E-state index contributed by atoms with van der Waals surface area (Å²) in [5.74, 6) is 0. The molecule has 0 aliphatic heterocycles. The van der Waals surface area contributed by atoms with Gasteiger partial charge in [0, 0.05) is 14.6 Å². The highest BCUT2D eigenvalue weighted by Crippen LogP contribution is 2.32. The monoisotopic (exact) mass is 290 g/mol. The van der Waals surface area contributed by atoms with Crippen LogP contribution in [-0.4, -0.2) is 22.1 Å². The van der Waals surface area contributed by atoms with Crippen molar-refractivity contribution < 1.29 is 10.2 Å². The van der Waals surface area contributed by atoms with Crippen LogP contribution in [0, 0.1) is 0 Å². The molecule has 0 spiro atoms. The van der Waals surface area contributed by atoms with Gasteiger partial charge < -0.3 is 10.2 Å². The molecule has 0 saturated heterocycles. The lowest BCUT2D eigenvalue weighted by molar-refractivity contribution is 0.199. The zero-order valence-electron chi connectivity index (χ0n) is 8.77. The number of aliphatic hydroxyl groups is 2. The van der Waals surface area contributed by atoms with E-state index in [0.29, 0.717) is 0 Å². The van der Waals surface area contributed by atoms with Crippen LogP contribution in [0.15, 0.2) is 27.6 Å². The second-order valence-corrected chi connectivity index (χ2v) is 5.81. The van der Waals surface area contributed by atoms with E-state index in [1.54, 1.807) is 18.7 Å². The van der Waals surface area contributed by atoms with Crippen LogP contribution < -0.4 is 0 Å². The van der Waals surface area contributed by atoms with E-state index >= 15 is 0 Å². The van der Waals surface area contributed by atoms with Gasteiger partial charge in [0.25, 0.3) is 0 Å². The molecule has 0 amide bonds. The van der Waals surface area contributed by atoms with Gasteiger partial charge in [0.05, 0.1) is 12.7 Å². The van der Waals surface area contributed by atoms with Gasteiger partial charge in [-0.05, 0) is 40.5 Å². The van der Waals surface area contributed by atoms with E-state index in [4.69, 9.17) is 5.11 Å². The van der Waals surface area contributed by atoms with E-state index in [9.17, 15) is 5.11 Å². The van der Waals surface area contributed by atoms with Crippen molar-refractivity contribution in [1.82, 2.24) is 0 Å². The van der Waals surface area contributed by atoms with Crippen LogP contribution in [0.3, 0.4) is 0 Å². The Labute approximate surface area is 103 Å². The molecule has 4 heteroatoms. The predicted molar refractivity (Wildman–Crippen MR) is 67.2 cm³/mol. The molecule has 2 N–H and O–H groups in total.